The SMILES string of the molecule is Cc1cc(=O)c(C(=O)N2CCC(C)CC2CN)nn1-c1ccccc1[N+](=O)[O-]. The summed E-state index contributed by atoms with van der Waals surface area (Å²) in [6.45, 7) is 4.53. The van der Waals surface area contributed by atoms with Crippen molar-refractivity contribution >= 4 is 11.6 Å². The summed E-state index contributed by atoms with van der Waals surface area (Å²) in [5.41, 5.74) is 5.51. The summed E-state index contributed by atoms with van der Waals surface area (Å²) >= 11 is 0. The van der Waals surface area contributed by atoms with E-state index < -0.39 is 16.3 Å². The van der Waals surface area contributed by atoms with Crippen LogP contribution < -0.4 is 11.2 Å². The van der Waals surface area contributed by atoms with Crippen molar-refractivity contribution in [2.75, 3.05) is 13.1 Å². The third kappa shape index (κ3) is 3.65. The van der Waals surface area contributed by atoms with Crippen molar-refractivity contribution < 1.29 is 9.72 Å². The van der Waals surface area contributed by atoms with E-state index in [9.17, 15) is 19.7 Å². The number of carbonyl (C=O) groups is 1. The van der Waals surface area contributed by atoms with E-state index in [0.29, 0.717) is 24.7 Å². The van der Waals surface area contributed by atoms with Gasteiger partial charge in [-0.05, 0) is 31.7 Å². The third-order valence-corrected chi connectivity index (χ3v) is 5.13. The number of hydrogen-bond donors (Lipinski definition) is 1. The Hall–Kier alpha value is -3.07. The minimum atomic E-state index is -0.521. The Morgan fingerprint density at radius 3 is 2.79 bits per heavy atom. The fourth-order valence-corrected chi connectivity index (χ4v) is 3.62. The lowest BCUT2D eigenvalue weighted by Crippen LogP contribution is -2.50. The van der Waals surface area contributed by atoms with Gasteiger partial charge in [0.05, 0.1) is 4.92 Å². The van der Waals surface area contributed by atoms with Crippen molar-refractivity contribution in [2.45, 2.75) is 32.7 Å². The summed E-state index contributed by atoms with van der Waals surface area (Å²) < 4.78 is 1.27. The maximum Gasteiger partial charge on any atom is 0.294 e. The van der Waals surface area contributed by atoms with Gasteiger partial charge in [-0.1, -0.05) is 19.1 Å². The Morgan fingerprint density at radius 1 is 1.39 bits per heavy atom. The van der Waals surface area contributed by atoms with Crippen LogP contribution in [0, 0.1) is 23.0 Å². The first-order valence-corrected chi connectivity index (χ1v) is 9.19. The zero-order valence-electron chi connectivity index (χ0n) is 15.9. The van der Waals surface area contributed by atoms with Crippen LogP contribution in [0.15, 0.2) is 35.1 Å². The minimum absolute atomic E-state index is 0.154. The standard InChI is InChI=1S/C19H23N5O4/c1-12-7-8-22(14(9-12)11-20)19(26)18-17(25)10-13(2)23(21-18)15-5-3-4-6-16(15)24(27)28/h3-6,10,12,14H,7-9,11,20H2,1-2H3. The summed E-state index contributed by atoms with van der Waals surface area (Å²) in [7, 11) is 0. The number of para-hydroxylation sites is 2. The smallest absolute Gasteiger partial charge is 0.294 e. The molecule has 2 unspecified atom stereocenters. The highest BCUT2D eigenvalue weighted by molar-refractivity contribution is 5.92. The van der Waals surface area contributed by atoms with E-state index in [4.69, 9.17) is 5.73 Å². The van der Waals surface area contributed by atoms with Crippen LogP contribution in [0.4, 0.5) is 5.69 Å². The number of benzene rings is 1. The van der Waals surface area contributed by atoms with Gasteiger partial charge < -0.3 is 10.6 Å². The number of nitro groups is 1. The fraction of sp³-hybridized carbons (Fsp3) is 0.421. The molecule has 1 amide bonds. The van der Waals surface area contributed by atoms with Crippen LogP contribution in [0.2, 0.25) is 0 Å². The lowest BCUT2D eigenvalue weighted by atomic mass is 9.92. The summed E-state index contributed by atoms with van der Waals surface area (Å²) in [5.74, 6) is -0.0353. The van der Waals surface area contributed by atoms with E-state index in [2.05, 4.69) is 12.0 Å². The molecule has 2 N–H and O–H groups in total. The van der Waals surface area contributed by atoms with Gasteiger partial charge in [0.1, 0.15) is 5.69 Å². The molecule has 3 rings (SSSR count). The number of piperidine rings is 1. The molecule has 0 radical (unpaired) electrons. The molecule has 0 spiro atoms. The normalized spacial score (nSPS) is 19.5. The second-order valence-electron chi connectivity index (χ2n) is 7.17. The summed E-state index contributed by atoms with van der Waals surface area (Å²) in [5, 5.41) is 15.6. The molecule has 0 saturated carbocycles. The van der Waals surface area contributed by atoms with Gasteiger partial charge in [0.15, 0.2) is 5.69 Å². The number of rotatable bonds is 4. The first kappa shape index (κ1) is 19.7. The molecule has 9 heteroatoms. The van der Waals surface area contributed by atoms with Gasteiger partial charge in [0.2, 0.25) is 5.43 Å². The zero-order valence-corrected chi connectivity index (χ0v) is 15.9. The number of amides is 1. The molecular weight excluding hydrogens is 362 g/mol. The maximum absolute atomic E-state index is 13.1. The van der Waals surface area contributed by atoms with E-state index in [1.165, 1.54) is 22.9 Å². The topological polar surface area (TPSA) is 124 Å². The highest BCUT2D eigenvalue weighted by Crippen LogP contribution is 2.24. The average Bonchev–Trinajstić information content (AvgIpc) is 2.67. The molecule has 2 aromatic rings. The van der Waals surface area contributed by atoms with Gasteiger partial charge in [0, 0.05) is 37.0 Å². The van der Waals surface area contributed by atoms with Crippen LogP contribution in [0.5, 0.6) is 0 Å². The molecule has 2 atom stereocenters. The second-order valence-corrected chi connectivity index (χ2v) is 7.17. The summed E-state index contributed by atoms with van der Waals surface area (Å²) in [6, 6.07) is 7.19. The molecule has 1 aliphatic heterocycles. The quantitative estimate of drug-likeness (QED) is 0.630. The number of aromatic nitrogens is 2. The van der Waals surface area contributed by atoms with Crippen LogP contribution in [0.25, 0.3) is 5.69 Å². The Balaban J connectivity index is 2.07. The van der Waals surface area contributed by atoms with Gasteiger partial charge in [-0.25, -0.2) is 4.68 Å². The number of aryl methyl sites for hydroxylation is 1. The maximum atomic E-state index is 13.1. The number of hydrogen-bond acceptors (Lipinski definition) is 6. The molecule has 1 fully saturated rings. The number of nitrogens with two attached hydrogens (primary N) is 1. The predicted molar refractivity (Wildman–Crippen MR) is 104 cm³/mol. The van der Waals surface area contributed by atoms with E-state index in [1.54, 1.807) is 24.0 Å². The first-order chi connectivity index (χ1) is 13.3. The average molecular weight is 385 g/mol. The van der Waals surface area contributed by atoms with Crippen LogP contribution in [-0.2, 0) is 0 Å². The molecule has 1 saturated heterocycles. The Bertz CT molecular complexity index is 971. The largest absolute Gasteiger partial charge is 0.333 e. The fourth-order valence-electron chi connectivity index (χ4n) is 3.62. The number of carbonyl (C=O) groups excluding carboxylic acids is 1. The minimum Gasteiger partial charge on any atom is -0.333 e. The Morgan fingerprint density at radius 2 is 2.11 bits per heavy atom. The van der Waals surface area contributed by atoms with Crippen LogP contribution in [-0.4, -0.2) is 44.6 Å². The van der Waals surface area contributed by atoms with E-state index >= 15 is 0 Å². The lowest BCUT2D eigenvalue weighted by Gasteiger charge is -2.37. The third-order valence-electron chi connectivity index (χ3n) is 5.13. The molecule has 28 heavy (non-hydrogen) atoms. The zero-order chi connectivity index (χ0) is 20.4. The summed E-state index contributed by atoms with van der Waals surface area (Å²) in [4.78, 5) is 38.0. The number of likely N-dealkylation sites (tertiary alicyclic amines) is 1. The number of nitrogens with zero attached hydrogens (tertiary/aromatic N) is 4. The monoisotopic (exact) mass is 385 g/mol. The van der Waals surface area contributed by atoms with Crippen molar-refractivity contribution in [1.29, 1.82) is 0 Å². The Labute approximate surface area is 161 Å². The van der Waals surface area contributed by atoms with Crippen LogP contribution in [0.1, 0.15) is 35.9 Å². The van der Waals surface area contributed by atoms with Crippen molar-refractivity contribution in [2.24, 2.45) is 11.7 Å². The Kier molecular flexibility index (Phi) is 5.55. The molecule has 1 aliphatic rings. The highest BCUT2D eigenvalue weighted by atomic mass is 16.6. The van der Waals surface area contributed by atoms with Crippen LogP contribution in [0.3, 0.4) is 0 Å². The van der Waals surface area contributed by atoms with Crippen molar-refractivity contribution in [3.05, 3.63) is 62.1 Å². The lowest BCUT2D eigenvalue weighted by molar-refractivity contribution is -0.384. The van der Waals surface area contributed by atoms with Crippen molar-refractivity contribution in [1.82, 2.24) is 14.7 Å². The highest BCUT2D eigenvalue weighted by Gasteiger charge is 2.32. The molecule has 9 nitrogen and oxygen atoms in total. The van der Waals surface area contributed by atoms with Gasteiger partial charge in [-0.15, -0.1) is 0 Å². The molecule has 148 valence electrons. The number of nitro benzene ring substituents is 1. The first-order valence-electron chi connectivity index (χ1n) is 9.19. The predicted octanol–water partition coefficient (Wildman–Crippen LogP) is 1.65. The van der Waals surface area contributed by atoms with E-state index in [0.717, 1.165) is 12.8 Å². The molecular formula is C19H23N5O4. The van der Waals surface area contributed by atoms with Crippen molar-refractivity contribution in [3.8, 4) is 5.69 Å². The van der Waals surface area contributed by atoms with E-state index in [-0.39, 0.29) is 23.1 Å². The molecule has 1 aromatic carbocycles. The van der Waals surface area contributed by atoms with Crippen LogP contribution >= 0.6 is 0 Å². The molecule has 0 aliphatic carbocycles. The molecule has 1 aromatic heterocycles. The van der Waals surface area contributed by atoms with Crippen molar-refractivity contribution in [3.63, 3.8) is 0 Å². The van der Waals surface area contributed by atoms with Gasteiger partial charge in [-0.2, -0.15) is 5.10 Å². The molecule has 0 bridgehead atoms. The summed E-state index contributed by atoms with van der Waals surface area (Å²) in [6.07, 6.45) is 1.60. The van der Waals surface area contributed by atoms with Gasteiger partial charge in [0.25, 0.3) is 11.6 Å². The molecule has 2 heterocycles. The second kappa shape index (κ2) is 7.89. The van der Waals surface area contributed by atoms with E-state index in [1.807, 2.05) is 0 Å². The van der Waals surface area contributed by atoms with Gasteiger partial charge in [-0.3, -0.25) is 19.7 Å². The van der Waals surface area contributed by atoms with Gasteiger partial charge >= 0.3 is 0 Å².